The Morgan fingerprint density at radius 3 is 2.50 bits per heavy atom. The largest absolute Gasteiger partial charge is 0.459 e. The zero-order chi connectivity index (χ0) is 25.1. The van der Waals surface area contributed by atoms with Gasteiger partial charge in [0.1, 0.15) is 17.5 Å². The molecule has 4 saturated carbocycles. The first-order chi connectivity index (χ1) is 15.8. The van der Waals surface area contributed by atoms with Gasteiger partial charge in [-0.2, -0.15) is 0 Å². The molecule has 4 aliphatic rings. The topological polar surface area (TPSA) is 63.6 Å². The van der Waals surface area contributed by atoms with Gasteiger partial charge in [-0.1, -0.05) is 46.8 Å². The highest BCUT2D eigenvalue weighted by atomic mass is 16.6. The van der Waals surface area contributed by atoms with Crippen LogP contribution in [-0.4, -0.2) is 28.6 Å². The predicted molar refractivity (Wildman–Crippen MR) is 135 cm³/mol. The third kappa shape index (κ3) is 4.00. The Hall–Kier alpha value is -1.16. The van der Waals surface area contributed by atoms with E-state index in [4.69, 9.17) is 4.74 Å². The van der Waals surface area contributed by atoms with Crippen LogP contribution < -0.4 is 0 Å². The van der Waals surface area contributed by atoms with Crippen LogP contribution in [0.3, 0.4) is 0 Å². The van der Waals surface area contributed by atoms with Gasteiger partial charge in [0.05, 0.1) is 0 Å². The third-order valence-corrected chi connectivity index (χ3v) is 11.5. The van der Waals surface area contributed by atoms with E-state index in [2.05, 4.69) is 41.2 Å². The number of hydrogen-bond donors (Lipinski definition) is 1. The second-order valence-electron chi connectivity index (χ2n) is 13.3. The third-order valence-electron chi connectivity index (χ3n) is 11.5. The van der Waals surface area contributed by atoms with E-state index in [0.717, 1.165) is 12.8 Å². The van der Waals surface area contributed by atoms with Crippen LogP contribution in [0.2, 0.25) is 0 Å². The van der Waals surface area contributed by atoms with Crippen LogP contribution in [0.4, 0.5) is 0 Å². The maximum atomic E-state index is 12.5. The molecule has 4 aliphatic carbocycles. The Bertz CT molecular complexity index is 832. The molecule has 34 heavy (non-hydrogen) atoms. The molecule has 0 radical (unpaired) electrons. The number of Topliss-reactive ketones (excluding diaryl/α,β-unsaturated/α-hetero) is 1. The molecular formula is C30H48O4. The normalized spacial score (nSPS) is 44.7. The van der Waals surface area contributed by atoms with E-state index in [1.165, 1.54) is 38.2 Å². The fraction of sp³-hybridized carbons (Fsp3) is 0.867. The van der Waals surface area contributed by atoms with Gasteiger partial charge in [-0.05, 0) is 92.3 Å². The summed E-state index contributed by atoms with van der Waals surface area (Å²) in [6.45, 7) is 17.4. The van der Waals surface area contributed by atoms with Crippen LogP contribution >= 0.6 is 0 Å². The number of carbonyl (C=O) groups is 2. The monoisotopic (exact) mass is 472 g/mol. The Morgan fingerprint density at radius 2 is 1.85 bits per heavy atom. The first kappa shape index (κ1) is 25.9. The van der Waals surface area contributed by atoms with Crippen molar-refractivity contribution in [2.75, 3.05) is 0 Å². The average Bonchev–Trinajstić information content (AvgIpc) is 3.10. The highest BCUT2D eigenvalue weighted by Gasteiger charge is 2.68. The molecule has 0 saturated heterocycles. The number of aliphatic hydroxyl groups is 1. The van der Waals surface area contributed by atoms with Crippen LogP contribution in [0.1, 0.15) is 106 Å². The second kappa shape index (κ2) is 9.05. The number of rotatable bonds is 6. The first-order valence-corrected chi connectivity index (χ1v) is 13.9. The number of carbonyl (C=O) groups excluding carboxylic acids is 2. The number of fused-ring (bicyclic) bond motifs is 5. The molecule has 0 amide bonds. The lowest BCUT2D eigenvalue weighted by atomic mass is 9.42. The number of allylic oxidation sites excluding steroid dienone is 1. The maximum absolute atomic E-state index is 12.5. The molecule has 192 valence electrons. The zero-order valence-corrected chi connectivity index (χ0v) is 22.5. The lowest BCUT2D eigenvalue weighted by molar-refractivity contribution is -0.255. The summed E-state index contributed by atoms with van der Waals surface area (Å²) in [6.07, 6.45) is 8.67. The minimum atomic E-state index is -1.23. The second-order valence-corrected chi connectivity index (χ2v) is 13.3. The summed E-state index contributed by atoms with van der Waals surface area (Å²) in [6, 6.07) is 0. The molecule has 0 heterocycles. The summed E-state index contributed by atoms with van der Waals surface area (Å²) >= 11 is 0. The molecular weight excluding hydrogens is 424 g/mol. The SMILES string of the molecule is C=C(CC[C@@H](C)[C@H]1CC[C@H]2[C@@H]3C[C@@H](OC(C)=O)[C@@]4(O)CC(=O)CC[C@]4(C)[C@H]3CC[C@]12C)C(C)C. The van der Waals surface area contributed by atoms with Crippen LogP contribution in [0.15, 0.2) is 12.2 Å². The quantitative estimate of drug-likeness (QED) is 0.354. The van der Waals surface area contributed by atoms with Gasteiger partial charge in [0.15, 0.2) is 0 Å². The number of ketones is 1. The van der Waals surface area contributed by atoms with Crippen molar-refractivity contribution in [1.29, 1.82) is 0 Å². The van der Waals surface area contributed by atoms with Crippen LogP contribution in [0, 0.1) is 46.3 Å². The van der Waals surface area contributed by atoms with Gasteiger partial charge < -0.3 is 9.84 Å². The van der Waals surface area contributed by atoms with Crippen molar-refractivity contribution < 1.29 is 19.4 Å². The van der Waals surface area contributed by atoms with E-state index in [-0.39, 0.29) is 23.6 Å². The molecule has 0 unspecified atom stereocenters. The Balaban J connectivity index is 1.59. The molecule has 0 aliphatic heterocycles. The molecule has 4 nitrogen and oxygen atoms in total. The van der Waals surface area contributed by atoms with Crippen molar-refractivity contribution >= 4 is 11.8 Å². The average molecular weight is 473 g/mol. The summed E-state index contributed by atoms with van der Waals surface area (Å²) in [4.78, 5) is 24.5. The number of esters is 1. The van der Waals surface area contributed by atoms with Gasteiger partial charge in [-0.25, -0.2) is 0 Å². The fourth-order valence-electron chi connectivity index (χ4n) is 9.27. The maximum Gasteiger partial charge on any atom is 0.303 e. The lowest BCUT2D eigenvalue weighted by Gasteiger charge is -2.65. The summed E-state index contributed by atoms with van der Waals surface area (Å²) in [5, 5.41) is 12.0. The summed E-state index contributed by atoms with van der Waals surface area (Å²) in [5.41, 5.74) is 0.0671. The number of ether oxygens (including phenoxy) is 1. The summed E-state index contributed by atoms with van der Waals surface area (Å²) < 4.78 is 5.82. The standard InChI is InChI=1S/C30H48O4/c1-18(2)19(3)8-9-20(4)24-10-11-25-23-16-27(34-21(5)31)30(33)17-22(32)12-15-29(30,7)26(23)13-14-28(24,25)6/h18,20,23-27,33H,3,8-17H2,1-2,4-7H3/t20-,23+,24-,25+,26+,27-,28-,29-,30+/m1/s1. The van der Waals surface area contributed by atoms with Crippen LogP contribution in [0.25, 0.3) is 0 Å². The van der Waals surface area contributed by atoms with Crippen molar-refractivity contribution in [1.82, 2.24) is 0 Å². The van der Waals surface area contributed by atoms with Crippen molar-refractivity contribution in [3.05, 3.63) is 12.2 Å². The molecule has 4 fully saturated rings. The fourth-order valence-corrected chi connectivity index (χ4v) is 9.27. The highest BCUT2D eigenvalue weighted by molar-refractivity contribution is 5.81. The Kier molecular flexibility index (Phi) is 6.90. The lowest BCUT2D eigenvalue weighted by Crippen LogP contribution is -2.69. The molecule has 0 bridgehead atoms. The van der Waals surface area contributed by atoms with Gasteiger partial charge in [0.25, 0.3) is 0 Å². The van der Waals surface area contributed by atoms with E-state index >= 15 is 0 Å². The van der Waals surface area contributed by atoms with E-state index < -0.39 is 11.7 Å². The van der Waals surface area contributed by atoms with Crippen molar-refractivity contribution in [2.24, 2.45) is 46.3 Å². The molecule has 0 spiro atoms. The minimum absolute atomic E-state index is 0.106. The molecule has 0 aromatic rings. The zero-order valence-electron chi connectivity index (χ0n) is 22.5. The van der Waals surface area contributed by atoms with Crippen molar-refractivity contribution in [3.8, 4) is 0 Å². The Morgan fingerprint density at radius 1 is 1.15 bits per heavy atom. The first-order valence-electron chi connectivity index (χ1n) is 13.9. The van der Waals surface area contributed by atoms with Gasteiger partial charge >= 0.3 is 5.97 Å². The van der Waals surface area contributed by atoms with Crippen LogP contribution in [0.5, 0.6) is 0 Å². The van der Waals surface area contributed by atoms with Gasteiger partial charge in [0, 0.05) is 25.2 Å². The molecule has 4 rings (SSSR count). The Labute approximate surface area is 207 Å². The summed E-state index contributed by atoms with van der Waals surface area (Å²) in [7, 11) is 0. The van der Waals surface area contributed by atoms with Gasteiger partial charge in [-0.15, -0.1) is 0 Å². The van der Waals surface area contributed by atoms with Gasteiger partial charge in [-0.3, -0.25) is 9.59 Å². The van der Waals surface area contributed by atoms with Crippen LogP contribution in [-0.2, 0) is 14.3 Å². The van der Waals surface area contributed by atoms with E-state index in [0.29, 0.717) is 60.2 Å². The van der Waals surface area contributed by atoms with Gasteiger partial charge in [0.2, 0.25) is 0 Å². The van der Waals surface area contributed by atoms with E-state index in [9.17, 15) is 14.7 Å². The summed E-state index contributed by atoms with van der Waals surface area (Å²) in [5.74, 6) is 3.14. The minimum Gasteiger partial charge on any atom is -0.459 e. The molecule has 0 aromatic carbocycles. The molecule has 9 atom stereocenters. The number of hydrogen-bond acceptors (Lipinski definition) is 4. The van der Waals surface area contributed by atoms with E-state index in [1.54, 1.807) is 0 Å². The molecule has 0 aromatic heterocycles. The molecule has 1 N–H and O–H groups in total. The highest BCUT2D eigenvalue weighted by Crippen LogP contribution is 2.69. The van der Waals surface area contributed by atoms with Crippen molar-refractivity contribution in [3.63, 3.8) is 0 Å². The predicted octanol–water partition coefficient (Wildman–Crippen LogP) is 6.50. The smallest absolute Gasteiger partial charge is 0.303 e. The van der Waals surface area contributed by atoms with Crippen molar-refractivity contribution in [2.45, 2.75) is 117 Å². The molecule has 4 heteroatoms. The van der Waals surface area contributed by atoms with E-state index in [1.807, 2.05) is 0 Å².